The summed E-state index contributed by atoms with van der Waals surface area (Å²) in [6.07, 6.45) is 2.51. The van der Waals surface area contributed by atoms with Crippen molar-refractivity contribution in [1.82, 2.24) is 5.32 Å². The standard InChI is InChI=1S/C13H17F2NS/c1-2-16-12(9-3-4-9)8-17-13-7-10(14)5-6-11(13)15/h5-7,9,12,16H,2-4,8H2,1H3. The normalized spacial score (nSPS) is 17.1. The minimum atomic E-state index is -0.375. The van der Waals surface area contributed by atoms with Gasteiger partial charge in [0.15, 0.2) is 0 Å². The van der Waals surface area contributed by atoms with E-state index < -0.39 is 0 Å². The second-order valence-corrected chi connectivity index (χ2v) is 5.45. The molecule has 4 heteroatoms. The lowest BCUT2D eigenvalue weighted by molar-refractivity contribution is 0.518. The van der Waals surface area contributed by atoms with Crippen molar-refractivity contribution in [1.29, 1.82) is 0 Å². The van der Waals surface area contributed by atoms with Gasteiger partial charge >= 0.3 is 0 Å². The van der Waals surface area contributed by atoms with Gasteiger partial charge in [-0.25, -0.2) is 8.78 Å². The lowest BCUT2D eigenvalue weighted by Crippen LogP contribution is -2.33. The van der Waals surface area contributed by atoms with Gasteiger partial charge in [0.25, 0.3) is 0 Å². The molecular weight excluding hydrogens is 240 g/mol. The first-order chi connectivity index (χ1) is 8.20. The molecule has 0 bridgehead atoms. The van der Waals surface area contributed by atoms with Crippen LogP contribution in [0.15, 0.2) is 23.1 Å². The van der Waals surface area contributed by atoms with Crippen molar-refractivity contribution in [2.45, 2.75) is 30.7 Å². The van der Waals surface area contributed by atoms with Gasteiger partial charge in [-0.3, -0.25) is 0 Å². The van der Waals surface area contributed by atoms with Gasteiger partial charge in [-0.2, -0.15) is 0 Å². The molecule has 1 fully saturated rings. The summed E-state index contributed by atoms with van der Waals surface area (Å²) in [4.78, 5) is 0.411. The topological polar surface area (TPSA) is 12.0 Å². The fourth-order valence-electron chi connectivity index (χ4n) is 1.89. The van der Waals surface area contributed by atoms with Crippen molar-refractivity contribution in [3.8, 4) is 0 Å². The summed E-state index contributed by atoms with van der Waals surface area (Å²) in [6, 6.07) is 4.04. The molecule has 0 amide bonds. The lowest BCUT2D eigenvalue weighted by atomic mass is 10.2. The van der Waals surface area contributed by atoms with Crippen molar-refractivity contribution in [2.24, 2.45) is 5.92 Å². The highest BCUT2D eigenvalue weighted by molar-refractivity contribution is 7.99. The first kappa shape index (κ1) is 12.8. The van der Waals surface area contributed by atoms with Gasteiger partial charge in [0.05, 0.1) is 0 Å². The Hall–Kier alpha value is -0.610. The number of halogens is 2. The maximum absolute atomic E-state index is 13.4. The summed E-state index contributed by atoms with van der Waals surface area (Å²) in [6.45, 7) is 3.00. The molecule has 17 heavy (non-hydrogen) atoms. The van der Waals surface area contributed by atoms with Crippen molar-refractivity contribution < 1.29 is 8.78 Å². The van der Waals surface area contributed by atoms with E-state index >= 15 is 0 Å². The summed E-state index contributed by atoms with van der Waals surface area (Å²) in [7, 11) is 0. The van der Waals surface area contributed by atoms with Crippen LogP contribution in [0.1, 0.15) is 19.8 Å². The molecule has 0 aliphatic heterocycles. The van der Waals surface area contributed by atoms with E-state index in [0.717, 1.165) is 24.3 Å². The molecule has 1 aliphatic rings. The number of benzene rings is 1. The largest absolute Gasteiger partial charge is 0.313 e. The first-order valence-electron chi connectivity index (χ1n) is 6.02. The highest BCUT2D eigenvalue weighted by Gasteiger charge is 2.30. The fourth-order valence-corrected chi connectivity index (χ4v) is 3.04. The van der Waals surface area contributed by atoms with E-state index in [2.05, 4.69) is 12.2 Å². The molecule has 94 valence electrons. The summed E-state index contributed by atoms with van der Waals surface area (Å²) >= 11 is 1.40. The average Bonchev–Trinajstić information content (AvgIpc) is 3.12. The third-order valence-corrected chi connectivity index (χ3v) is 4.12. The fraction of sp³-hybridized carbons (Fsp3) is 0.538. The maximum atomic E-state index is 13.4. The van der Waals surface area contributed by atoms with E-state index in [1.807, 2.05) is 0 Å². The summed E-state index contributed by atoms with van der Waals surface area (Å²) in [5, 5.41) is 3.41. The van der Waals surface area contributed by atoms with Crippen molar-refractivity contribution >= 4 is 11.8 Å². The second kappa shape index (κ2) is 5.83. The molecule has 0 spiro atoms. The summed E-state index contributed by atoms with van der Waals surface area (Å²) < 4.78 is 26.4. The van der Waals surface area contributed by atoms with Crippen LogP contribution in [0.5, 0.6) is 0 Å². The van der Waals surface area contributed by atoms with Gasteiger partial charge in [0.2, 0.25) is 0 Å². The Morgan fingerprint density at radius 2 is 2.18 bits per heavy atom. The smallest absolute Gasteiger partial charge is 0.136 e. The van der Waals surface area contributed by atoms with Crippen molar-refractivity contribution in [2.75, 3.05) is 12.3 Å². The monoisotopic (exact) mass is 257 g/mol. The van der Waals surface area contributed by atoms with Gasteiger partial charge < -0.3 is 5.32 Å². The Kier molecular flexibility index (Phi) is 4.40. The van der Waals surface area contributed by atoms with Crippen LogP contribution in [-0.2, 0) is 0 Å². The second-order valence-electron chi connectivity index (χ2n) is 4.39. The molecule has 1 atom stereocenters. The predicted molar refractivity (Wildman–Crippen MR) is 67.3 cm³/mol. The zero-order valence-electron chi connectivity index (χ0n) is 9.88. The quantitative estimate of drug-likeness (QED) is 0.783. The minimum Gasteiger partial charge on any atom is -0.313 e. The summed E-state index contributed by atoms with van der Waals surface area (Å²) in [5.74, 6) is 0.820. The van der Waals surface area contributed by atoms with E-state index in [-0.39, 0.29) is 11.6 Å². The Bertz CT molecular complexity index is 380. The van der Waals surface area contributed by atoms with E-state index in [1.165, 1.54) is 36.7 Å². The van der Waals surface area contributed by atoms with Crippen LogP contribution in [-0.4, -0.2) is 18.3 Å². The molecule has 1 aliphatic carbocycles. The Balaban J connectivity index is 1.93. The van der Waals surface area contributed by atoms with Gasteiger partial charge in [-0.15, -0.1) is 11.8 Å². The molecule has 0 radical (unpaired) electrons. The third kappa shape index (κ3) is 3.68. The highest BCUT2D eigenvalue weighted by Crippen LogP contribution is 2.35. The number of rotatable bonds is 6. The van der Waals surface area contributed by atoms with Crippen LogP contribution in [0.4, 0.5) is 8.78 Å². The van der Waals surface area contributed by atoms with Crippen LogP contribution in [0, 0.1) is 17.6 Å². The van der Waals surface area contributed by atoms with Crippen LogP contribution in [0.3, 0.4) is 0 Å². The van der Waals surface area contributed by atoms with Gasteiger partial charge in [0.1, 0.15) is 11.6 Å². The van der Waals surface area contributed by atoms with E-state index in [4.69, 9.17) is 0 Å². The molecule has 1 N–H and O–H groups in total. The van der Waals surface area contributed by atoms with E-state index in [9.17, 15) is 8.78 Å². The molecule has 0 heterocycles. The molecule has 0 saturated heterocycles. The molecule has 1 aromatic rings. The molecule has 1 nitrogen and oxygen atoms in total. The Morgan fingerprint density at radius 1 is 1.41 bits per heavy atom. The molecule has 0 aromatic heterocycles. The zero-order valence-corrected chi connectivity index (χ0v) is 10.7. The third-order valence-electron chi connectivity index (χ3n) is 2.97. The highest BCUT2D eigenvalue weighted by atomic mass is 32.2. The molecular formula is C13H17F2NS. The van der Waals surface area contributed by atoms with Crippen LogP contribution in [0.25, 0.3) is 0 Å². The minimum absolute atomic E-state index is 0.331. The van der Waals surface area contributed by atoms with Crippen LogP contribution < -0.4 is 5.32 Å². The maximum Gasteiger partial charge on any atom is 0.136 e. The Labute approximate surface area is 105 Å². The van der Waals surface area contributed by atoms with Crippen LogP contribution in [0.2, 0.25) is 0 Å². The molecule has 1 unspecified atom stereocenters. The zero-order chi connectivity index (χ0) is 12.3. The molecule has 2 rings (SSSR count). The molecule has 1 saturated carbocycles. The van der Waals surface area contributed by atoms with Gasteiger partial charge in [-0.05, 0) is 43.5 Å². The lowest BCUT2D eigenvalue weighted by Gasteiger charge is -2.16. The Morgan fingerprint density at radius 3 is 2.82 bits per heavy atom. The van der Waals surface area contributed by atoms with Gasteiger partial charge in [-0.1, -0.05) is 6.92 Å². The van der Waals surface area contributed by atoms with Crippen LogP contribution >= 0.6 is 11.8 Å². The van der Waals surface area contributed by atoms with Gasteiger partial charge in [0, 0.05) is 16.7 Å². The average molecular weight is 257 g/mol. The number of thioether (sulfide) groups is 1. The number of hydrogen-bond acceptors (Lipinski definition) is 2. The van der Waals surface area contributed by atoms with E-state index in [1.54, 1.807) is 0 Å². The van der Waals surface area contributed by atoms with Crippen molar-refractivity contribution in [3.63, 3.8) is 0 Å². The SMILES string of the molecule is CCNC(CSc1cc(F)ccc1F)C1CC1. The predicted octanol–water partition coefficient (Wildman–Crippen LogP) is 3.45. The van der Waals surface area contributed by atoms with E-state index in [0.29, 0.717) is 10.9 Å². The number of hydrogen-bond donors (Lipinski definition) is 1. The summed E-state index contributed by atoms with van der Waals surface area (Å²) in [5.41, 5.74) is 0. The van der Waals surface area contributed by atoms with Crippen molar-refractivity contribution in [3.05, 3.63) is 29.8 Å². The molecule has 1 aromatic carbocycles. The number of nitrogens with one attached hydrogen (secondary N) is 1. The first-order valence-corrected chi connectivity index (χ1v) is 7.00.